The van der Waals surface area contributed by atoms with Crippen LogP contribution in [0.1, 0.15) is 163 Å². The van der Waals surface area contributed by atoms with E-state index in [2.05, 4.69) is 60.9 Å². The monoisotopic (exact) mass is 620 g/mol. The maximum Gasteiger partial charge on any atom is 0.223 e. The van der Waals surface area contributed by atoms with E-state index in [1.165, 1.54) is 83.5 Å². The molecule has 0 heterocycles. The molecule has 0 rings (SSSR count). The molecule has 4 nitrogen and oxygen atoms in total. The van der Waals surface area contributed by atoms with Crippen LogP contribution in [0.15, 0.2) is 0 Å². The van der Waals surface area contributed by atoms with E-state index in [1.54, 1.807) is 0 Å². The first-order valence-electron chi connectivity index (χ1n) is 15.7. The largest absolute Gasteiger partial charge is 0.351 e. The van der Waals surface area contributed by atoms with Gasteiger partial charge in [0.15, 0.2) is 0 Å². The van der Waals surface area contributed by atoms with E-state index in [-0.39, 0.29) is 29.8 Å². The Morgan fingerprint density at radius 3 is 1.47 bits per heavy atom. The van der Waals surface area contributed by atoms with E-state index in [9.17, 15) is 9.59 Å². The Morgan fingerprint density at radius 1 is 0.583 bits per heavy atom. The van der Waals surface area contributed by atoms with Crippen molar-refractivity contribution in [3.63, 3.8) is 0 Å². The summed E-state index contributed by atoms with van der Waals surface area (Å²) in [6, 6.07) is 0.0159. The van der Waals surface area contributed by atoms with Gasteiger partial charge in [-0.15, -0.1) is 0 Å². The summed E-state index contributed by atoms with van der Waals surface area (Å²) in [5.74, 6) is 0.381. The highest BCUT2D eigenvalue weighted by Gasteiger charge is 2.25. The van der Waals surface area contributed by atoms with Gasteiger partial charge in [0.2, 0.25) is 11.8 Å². The molecule has 0 aliphatic carbocycles. The molecule has 2 N–H and O–H groups in total. The Morgan fingerprint density at radius 2 is 1.06 bits per heavy atom. The Labute approximate surface area is 238 Å². The number of hydrogen-bond acceptors (Lipinski definition) is 2. The molecule has 0 aromatic heterocycles. The zero-order valence-electron chi connectivity index (χ0n) is 24.5. The molecule has 0 fully saturated rings. The lowest BCUT2D eigenvalue weighted by Crippen LogP contribution is -2.53. The minimum atomic E-state index is 0.00655. The maximum absolute atomic E-state index is 12.8. The second-order valence-corrected chi connectivity index (χ2v) is 11.7. The van der Waals surface area contributed by atoms with E-state index >= 15 is 0 Å². The fraction of sp³-hybridized carbons (Fsp3) is 0.935. The van der Waals surface area contributed by atoms with Crippen LogP contribution in [-0.4, -0.2) is 28.3 Å². The molecule has 0 saturated heterocycles. The predicted octanol–water partition coefficient (Wildman–Crippen LogP) is 9.28. The summed E-state index contributed by atoms with van der Waals surface area (Å²) in [4.78, 5) is 25.3. The molecule has 0 spiro atoms. The Balaban J connectivity index is 3.91. The summed E-state index contributed by atoms with van der Waals surface area (Å²) < 4.78 is 0.812. The van der Waals surface area contributed by atoms with Gasteiger partial charge in [-0.1, -0.05) is 153 Å². The van der Waals surface area contributed by atoms with Gasteiger partial charge >= 0.3 is 0 Å². The highest BCUT2D eigenvalue weighted by molar-refractivity contribution is 14.1. The number of rotatable bonds is 26. The van der Waals surface area contributed by atoms with Gasteiger partial charge in [0.05, 0.1) is 6.04 Å². The molecule has 214 valence electrons. The first kappa shape index (κ1) is 35.7. The molecule has 5 heteroatoms. The van der Waals surface area contributed by atoms with Gasteiger partial charge in [0.25, 0.3) is 0 Å². The van der Waals surface area contributed by atoms with Crippen LogP contribution in [0.25, 0.3) is 0 Å². The molecule has 0 aromatic carbocycles. The predicted molar refractivity (Wildman–Crippen MR) is 166 cm³/mol. The van der Waals surface area contributed by atoms with Crippen LogP contribution < -0.4 is 10.6 Å². The summed E-state index contributed by atoms with van der Waals surface area (Å²) in [6.07, 6.45) is 25.5. The molecular formula is C31H61IN2O2. The van der Waals surface area contributed by atoms with Crippen LogP contribution in [0, 0.1) is 5.92 Å². The SMILES string of the molecule is CCCCCCCCCCCCCCCCCC(=O)NC(CI)C(CC)NC(=O)C(CC)CCCC. The van der Waals surface area contributed by atoms with Gasteiger partial charge in [0.1, 0.15) is 0 Å². The number of carbonyl (C=O) groups is 2. The third-order valence-electron chi connectivity index (χ3n) is 7.54. The van der Waals surface area contributed by atoms with Crippen molar-refractivity contribution in [1.29, 1.82) is 0 Å². The quantitative estimate of drug-likeness (QED) is 0.0575. The van der Waals surface area contributed by atoms with Crippen molar-refractivity contribution in [2.45, 2.75) is 175 Å². The number of alkyl halides is 1. The molecule has 0 radical (unpaired) electrons. The second-order valence-electron chi connectivity index (χ2n) is 10.8. The van der Waals surface area contributed by atoms with Gasteiger partial charge < -0.3 is 10.6 Å². The summed E-state index contributed by atoms with van der Waals surface area (Å²) >= 11 is 2.33. The van der Waals surface area contributed by atoms with Gasteiger partial charge in [-0.25, -0.2) is 0 Å². The normalized spacial score (nSPS) is 13.8. The highest BCUT2D eigenvalue weighted by atomic mass is 127. The summed E-state index contributed by atoms with van der Waals surface area (Å²) in [5, 5.41) is 6.46. The molecule has 0 bridgehead atoms. The maximum atomic E-state index is 12.8. The van der Waals surface area contributed by atoms with E-state index < -0.39 is 0 Å². The van der Waals surface area contributed by atoms with Crippen molar-refractivity contribution >= 4 is 34.4 Å². The van der Waals surface area contributed by atoms with E-state index in [1.807, 2.05) is 0 Å². The lowest BCUT2D eigenvalue weighted by Gasteiger charge is -2.28. The first-order chi connectivity index (χ1) is 17.5. The van der Waals surface area contributed by atoms with Crippen molar-refractivity contribution in [1.82, 2.24) is 10.6 Å². The molecule has 2 amide bonds. The van der Waals surface area contributed by atoms with Gasteiger partial charge in [0, 0.05) is 22.8 Å². The fourth-order valence-corrected chi connectivity index (χ4v) is 5.78. The molecule has 3 atom stereocenters. The molecule has 0 saturated carbocycles. The topological polar surface area (TPSA) is 58.2 Å². The Bertz CT molecular complexity index is 515. The summed E-state index contributed by atoms with van der Waals surface area (Å²) in [7, 11) is 0. The van der Waals surface area contributed by atoms with E-state index in [4.69, 9.17) is 0 Å². The lowest BCUT2D eigenvalue weighted by molar-refractivity contribution is -0.127. The van der Waals surface area contributed by atoms with Crippen LogP contribution in [0.4, 0.5) is 0 Å². The van der Waals surface area contributed by atoms with Crippen molar-refractivity contribution < 1.29 is 9.59 Å². The minimum absolute atomic E-state index is 0.00655. The van der Waals surface area contributed by atoms with Crippen molar-refractivity contribution in [2.75, 3.05) is 4.43 Å². The third-order valence-corrected chi connectivity index (χ3v) is 8.49. The Hall–Kier alpha value is -0.330. The molecule has 0 aromatic rings. The van der Waals surface area contributed by atoms with Crippen LogP contribution >= 0.6 is 22.6 Å². The number of carbonyl (C=O) groups excluding carboxylic acids is 2. The van der Waals surface area contributed by atoms with Crippen LogP contribution in [0.2, 0.25) is 0 Å². The standard InChI is InChI=1S/C31H61IN2O2/c1-5-9-11-12-13-14-15-16-17-18-19-20-21-22-23-25-30(35)33-29(26-32)28(8-4)34-31(36)27(7-3)24-10-6-2/h27-29H,5-26H2,1-4H3,(H,33,35)(H,34,36). The van der Waals surface area contributed by atoms with Crippen molar-refractivity contribution in [2.24, 2.45) is 5.92 Å². The number of amides is 2. The van der Waals surface area contributed by atoms with Crippen molar-refractivity contribution in [3.05, 3.63) is 0 Å². The van der Waals surface area contributed by atoms with Gasteiger partial charge in [-0.3, -0.25) is 9.59 Å². The Kier molecular flexibility index (Phi) is 26.0. The molecule has 36 heavy (non-hydrogen) atoms. The zero-order valence-corrected chi connectivity index (χ0v) is 26.6. The van der Waals surface area contributed by atoms with Crippen molar-refractivity contribution in [3.8, 4) is 0 Å². The average Bonchev–Trinajstić information content (AvgIpc) is 2.88. The van der Waals surface area contributed by atoms with E-state index in [0.717, 1.165) is 49.4 Å². The molecule has 0 aliphatic rings. The second kappa shape index (κ2) is 26.3. The minimum Gasteiger partial charge on any atom is -0.351 e. The zero-order chi connectivity index (χ0) is 26.9. The highest BCUT2D eigenvalue weighted by Crippen LogP contribution is 2.16. The molecule has 0 aliphatic heterocycles. The number of nitrogens with one attached hydrogen (secondary N) is 2. The molecule has 3 unspecified atom stereocenters. The van der Waals surface area contributed by atoms with Crippen LogP contribution in [0.3, 0.4) is 0 Å². The van der Waals surface area contributed by atoms with E-state index in [0.29, 0.717) is 6.42 Å². The molecular weight excluding hydrogens is 559 g/mol. The van der Waals surface area contributed by atoms with Gasteiger partial charge in [-0.05, 0) is 25.7 Å². The number of halogens is 1. The third kappa shape index (κ3) is 19.7. The van der Waals surface area contributed by atoms with Crippen LogP contribution in [-0.2, 0) is 9.59 Å². The number of unbranched alkanes of at least 4 members (excludes halogenated alkanes) is 15. The average molecular weight is 621 g/mol. The lowest BCUT2D eigenvalue weighted by atomic mass is 9.97. The number of hydrogen-bond donors (Lipinski definition) is 2. The van der Waals surface area contributed by atoms with Crippen LogP contribution in [0.5, 0.6) is 0 Å². The summed E-state index contributed by atoms with van der Waals surface area (Å²) in [6.45, 7) is 8.63. The first-order valence-corrected chi connectivity index (χ1v) is 17.2. The fourth-order valence-electron chi connectivity index (χ4n) is 4.94. The van der Waals surface area contributed by atoms with Gasteiger partial charge in [-0.2, -0.15) is 0 Å². The smallest absolute Gasteiger partial charge is 0.223 e. The summed E-state index contributed by atoms with van der Waals surface area (Å²) in [5.41, 5.74) is 0.